The van der Waals surface area contributed by atoms with Gasteiger partial charge in [0.2, 0.25) is 24.1 Å². The van der Waals surface area contributed by atoms with Crippen molar-refractivity contribution in [3.8, 4) is 0 Å². The van der Waals surface area contributed by atoms with Gasteiger partial charge in [-0.15, -0.1) is 0 Å². The number of anilines is 2. The standard InChI is InChI=1S/C29H30F3N5O5/c1-18(13-27(41)37(17-38)23-9-10-25(39)35-28(23)42)33-21-7-2-5-19(14-21)24(36-11-4-12-36)16-26(40)34-22-8-3-6-20(15-22)29(30,31)32/h2-3,5-8,13-15,17,23-24,33H,4,9-12,16H2,1H3,(H,34,40)(H,35,39,42)/b18-13+. The third-order valence-corrected chi connectivity index (χ3v) is 7.05. The molecule has 222 valence electrons. The molecule has 2 atom stereocenters. The van der Waals surface area contributed by atoms with Crippen LogP contribution in [-0.2, 0) is 30.1 Å². The normalized spacial score (nSPS) is 18.4. The van der Waals surface area contributed by atoms with Crippen LogP contribution in [0.25, 0.3) is 0 Å². The molecule has 5 amide bonds. The highest BCUT2D eigenvalue weighted by atomic mass is 19.4. The Morgan fingerprint density at radius 2 is 1.79 bits per heavy atom. The summed E-state index contributed by atoms with van der Waals surface area (Å²) in [5.74, 6) is -2.35. The number of allylic oxidation sites excluding steroid dienone is 1. The van der Waals surface area contributed by atoms with E-state index in [1.807, 2.05) is 6.07 Å². The van der Waals surface area contributed by atoms with Crippen molar-refractivity contribution in [2.75, 3.05) is 23.7 Å². The van der Waals surface area contributed by atoms with Gasteiger partial charge in [-0.2, -0.15) is 13.2 Å². The summed E-state index contributed by atoms with van der Waals surface area (Å²) in [7, 11) is 0. The summed E-state index contributed by atoms with van der Waals surface area (Å²) >= 11 is 0. The van der Waals surface area contributed by atoms with Crippen molar-refractivity contribution < 1.29 is 37.1 Å². The molecule has 2 aliphatic rings. The summed E-state index contributed by atoms with van der Waals surface area (Å²) in [6.07, 6.45) is -2.09. The predicted octanol–water partition coefficient (Wildman–Crippen LogP) is 3.59. The number of piperidine rings is 1. The van der Waals surface area contributed by atoms with Gasteiger partial charge in [0.15, 0.2) is 0 Å². The molecular formula is C29H30F3N5O5. The van der Waals surface area contributed by atoms with Gasteiger partial charge in [0.1, 0.15) is 6.04 Å². The molecule has 0 saturated carbocycles. The second kappa shape index (κ2) is 13.0. The Morgan fingerprint density at radius 1 is 1.10 bits per heavy atom. The lowest BCUT2D eigenvalue weighted by atomic mass is 9.97. The molecule has 13 heteroatoms. The number of likely N-dealkylation sites (tertiary alicyclic amines) is 1. The summed E-state index contributed by atoms with van der Waals surface area (Å²) in [5, 5.41) is 7.76. The lowest BCUT2D eigenvalue weighted by Gasteiger charge is -2.38. The number of nitrogens with one attached hydrogen (secondary N) is 3. The van der Waals surface area contributed by atoms with Crippen molar-refractivity contribution in [1.29, 1.82) is 0 Å². The number of benzene rings is 2. The topological polar surface area (TPSA) is 128 Å². The summed E-state index contributed by atoms with van der Waals surface area (Å²) in [4.78, 5) is 63.6. The zero-order valence-electron chi connectivity index (χ0n) is 22.7. The van der Waals surface area contributed by atoms with Crippen LogP contribution in [0.1, 0.15) is 49.8 Å². The maximum Gasteiger partial charge on any atom is 0.416 e. The smallest absolute Gasteiger partial charge is 0.359 e. The van der Waals surface area contributed by atoms with Crippen molar-refractivity contribution in [2.45, 2.75) is 50.9 Å². The van der Waals surface area contributed by atoms with Crippen LogP contribution in [-0.4, -0.2) is 59.0 Å². The van der Waals surface area contributed by atoms with E-state index in [4.69, 9.17) is 0 Å². The fourth-order valence-electron chi connectivity index (χ4n) is 4.84. The summed E-state index contributed by atoms with van der Waals surface area (Å²) in [6.45, 7) is 3.12. The van der Waals surface area contributed by atoms with Gasteiger partial charge in [0.05, 0.1) is 5.56 Å². The molecule has 2 saturated heterocycles. The second-order valence-electron chi connectivity index (χ2n) is 10.1. The number of carbonyl (C=O) groups is 5. The Balaban J connectivity index is 1.44. The average Bonchev–Trinajstić information content (AvgIpc) is 2.88. The number of imide groups is 2. The van der Waals surface area contributed by atoms with E-state index < -0.39 is 41.4 Å². The molecule has 4 rings (SSSR count). The van der Waals surface area contributed by atoms with E-state index in [0.717, 1.165) is 42.1 Å². The van der Waals surface area contributed by atoms with Crippen LogP contribution in [0.2, 0.25) is 0 Å². The van der Waals surface area contributed by atoms with Gasteiger partial charge in [-0.25, -0.2) is 0 Å². The Kier molecular flexibility index (Phi) is 9.41. The van der Waals surface area contributed by atoms with Crippen molar-refractivity contribution in [3.63, 3.8) is 0 Å². The van der Waals surface area contributed by atoms with Crippen LogP contribution in [0, 0.1) is 0 Å². The maximum absolute atomic E-state index is 13.1. The first-order valence-corrected chi connectivity index (χ1v) is 13.3. The number of hydrogen-bond donors (Lipinski definition) is 3. The van der Waals surface area contributed by atoms with Crippen molar-refractivity contribution >= 4 is 41.4 Å². The molecule has 10 nitrogen and oxygen atoms in total. The Labute approximate surface area is 239 Å². The molecule has 0 aromatic heterocycles. The van der Waals surface area contributed by atoms with Crippen LogP contribution in [0.3, 0.4) is 0 Å². The van der Waals surface area contributed by atoms with Crippen LogP contribution in [0.15, 0.2) is 60.3 Å². The number of halogens is 3. The first-order chi connectivity index (χ1) is 19.9. The van der Waals surface area contributed by atoms with E-state index in [1.165, 1.54) is 18.2 Å². The highest BCUT2D eigenvalue weighted by Crippen LogP contribution is 2.33. The van der Waals surface area contributed by atoms with E-state index in [1.54, 1.807) is 25.1 Å². The molecule has 3 N–H and O–H groups in total. The van der Waals surface area contributed by atoms with E-state index in [-0.39, 0.29) is 37.4 Å². The molecule has 42 heavy (non-hydrogen) atoms. The van der Waals surface area contributed by atoms with Crippen molar-refractivity contribution in [3.05, 3.63) is 71.4 Å². The third-order valence-electron chi connectivity index (χ3n) is 7.05. The number of rotatable bonds is 10. The maximum atomic E-state index is 13.1. The monoisotopic (exact) mass is 585 g/mol. The van der Waals surface area contributed by atoms with Crippen molar-refractivity contribution in [2.24, 2.45) is 0 Å². The van der Waals surface area contributed by atoms with Gasteiger partial charge < -0.3 is 10.6 Å². The second-order valence-corrected chi connectivity index (χ2v) is 10.1. The van der Waals surface area contributed by atoms with Crippen LogP contribution in [0.5, 0.6) is 0 Å². The first kappa shape index (κ1) is 30.4. The van der Waals surface area contributed by atoms with Crippen LogP contribution < -0.4 is 16.0 Å². The lowest BCUT2D eigenvalue weighted by molar-refractivity contribution is -0.148. The molecule has 2 fully saturated rings. The molecule has 2 aliphatic heterocycles. The predicted molar refractivity (Wildman–Crippen MR) is 147 cm³/mol. The number of carbonyl (C=O) groups excluding carboxylic acids is 5. The van der Waals surface area contributed by atoms with Crippen molar-refractivity contribution in [1.82, 2.24) is 15.1 Å². The molecule has 2 aromatic carbocycles. The number of hydrogen-bond acceptors (Lipinski definition) is 7. The lowest BCUT2D eigenvalue weighted by Crippen LogP contribution is -2.53. The van der Waals surface area contributed by atoms with E-state index >= 15 is 0 Å². The molecule has 2 heterocycles. The molecule has 0 radical (unpaired) electrons. The Hall–Kier alpha value is -4.52. The first-order valence-electron chi connectivity index (χ1n) is 13.3. The average molecular weight is 586 g/mol. The van der Waals surface area contributed by atoms with Crippen LogP contribution in [0.4, 0.5) is 24.5 Å². The fourth-order valence-corrected chi connectivity index (χ4v) is 4.84. The minimum atomic E-state index is -4.53. The molecule has 0 bridgehead atoms. The van der Waals surface area contributed by atoms with E-state index in [2.05, 4.69) is 20.9 Å². The van der Waals surface area contributed by atoms with Crippen LogP contribution >= 0.6 is 0 Å². The van der Waals surface area contributed by atoms with Gasteiger partial charge in [-0.05, 0) is 68.8 Å². The highest BCUT2D eigenvalue weighted by molar-refractivity contribution is 6.05. The van der Waals surface area contributed by atoms with Gasteiger partial charge in [-0.3, -0.25) is 39.1 Å². The van der Waals surface area contributed by atoms with Gasteiger partial charge in [-0.1, -0.05) is 18.2 Å². The number of nitrogens with zero attached hydrogens (tertiary/aromatic N) is 2. The van der Waals surface area contributed by atoms with E-state index in [0.29, 0.717) is 11.4 Å². The number of amides is 5. The quantitative estimate of drug-likeness (QED) is 0.221. The zero-order valence-corrected chi connectivity index (χ0v) is 22.7. The Bertz CT molecular complexity index is 1410. The van der Waals surface area contributed by atoms with Gasteiger partial charge in [0.25, 0.3) is 5.91 Å². The zero-order chi connectivity index (χ0) is 30.4. The molecule has 2 unspecified atom stereocenters. The SMILES string of the molecule is C/C(=C\C(=O)N(C=O)C1CCC(=O)NC1=O)Nc1cccc(C(CC(=O)Nc2cccc(C(F)(F)F)c2)N2CCC2)c1. The number of alkyl halides is 3. The molecule has 0 spiro atoms. The minimum absolute atomic E-state index is 0.00720. The summed E-state index contributed by atoms with van der Waals surface area (Å²) in [6, 6.07) is 10.2. The largest absolute Gasteiger partial charge is 0.416 e. The summed E-state index contributed by atoms with van der Waals surface area (Å²) < 4.78 is 39.2. The van der Waals surface area contributed by atoms with E-state index in [9.17, 15) is 37.1 Å². The van der Waals surface area contributed by atoms with Gasteiger partial charge >= 0.3 is 6.18 Å². The third kappa shape index (κ3) is 7.60. The Morgan fingerprint density at radius 3 is 2.40 bits per heavy atom. The highest BCUT2D eigenvalue weighted by Gasteiger charge is 2.34. The fraction of sp³-hybridized carbons (Fsp3) is 0.345. The molecule has 2 aromatic rings. The van der Waals surface area contributed by atoms with Gasteiger partial charge in [0, 0.05) is 42.0 Å². The summed E-state index contributed by atoms with van der Waals surface area (Å²) in [5.41, 5.74) is 0.958. The molecule has 0 aliphatic carbocycles. The minimum Gasteiger partial charge on any atom is -0.359 e. The molecular weight excluding hydrogens is 555 g/mol.